The van der Waals surface area contributed by atoms with Gasteiger partial charge in [-0.05, 0) is 44.4 Å². The van der Waals surface area contributed by atoms with Crippen LogP contribution in [0.1, 0.15) is 25.0 Å². The first-order chi connectivity index (χ1) is 13.7. The number of anilines is 3. The van der Waals surface area contributed by atoms with E-state index in [1.165, 1.54) is 0 Å². The average molecular weight is 377 g/mol. The van der Waals surface area contributed by atoms with E-state index in [-0.39, 0.29) is 6.04 Å². The summed E-state index contributed by atoms with van der Waals surface area (Å²) >= 11 is 0. The summed E-state index contributed by atoms with van der Waals surface area (Å²) < 4.78 is 5.70. The van der Waals surface area contributed by atoms with Crippen molar-refractivity contribution in [2.24, 2.45) is 5.73 Å². The van der Waals surface area contributed by atoms with Crippen LogP contribution in [0.25, 0.3) is 22.0 Å². The third-order valence-electron chi connectivity index (χ3n) is 5.36. The summed E-state index contributed by atoms with van der Waals surface area (Å²) in [4.78, 5) is 11.7. The number of fused-ring (bicyclic) bond motifs is 2. The molecule has 1 atom stereocenters. The third-order valence-corrected chi connectivity index (χ3v) is 5.36. The van der Waals surface area contributed by atoms with E-state index < -0.39 is 0 Å². The van der Waals surface area contributed by atoms with Gasteiger partial charge in [-0.15, -0.1) is 0 Å². The molecule has 1 fully saturated rings. The number of furan rings is 1. The molecule has 8 heteroatoms. The molecule has 4 N–H and O–H groups in total. The number of nitrogens with zero attached hydrogens (tertiary/aromatic N) is 4. The molecule has 1 saturated heterocycles. The van der Waals surface area contributed by atoms with Gasteiger partial charge in [-0.1, -0.05) is 0 Å². The van der Waals surface area contributed by atoms with E-state index in [0.717, 1.165) is 71.6 Å². The van der Waals surface area contributed by atoms with Crippen LogP contribution >= 0.6 is 0 Å². The number of hydrogen-bond acceptors (Lipinski definition) is 7. The Morgan fingerprint density at radius 1 is 1.18 bits per heavy atom. The summed E-state index contributed by atoms with van der Waals surface area (Å²) in [6.07, 6.45) is 4.70. The number of benzene rings is 1. The Morgan fingerprint density at radius 3 is 3.04 bits per heavy atom. The molecule has 0 aliphatic carbocycles. The van der Waals surface area contributed by atoms with Crippen molar-refractivity contribution >= 4 is 39.5 Å². The van der Waals surface area contributed by atoms with Gasteiger partial charge in [-0.25, -0.2) is 4.98 Å². The normalized spacial score (nSPS) is 17.9. The van der Waals surface area contributed by atoms with Gasteiger partial charge < -0.3 is 20.4 Å². The molecular formula is C20H23N7O. The number of nitrogens with one attached hydrogen (secondary N) is 2. The van der Waals surface area contributed by atoms with Crippen LogP contribution < -0.4 is 16.0 Å². The standard InChI is InChI=1S/C20H23N7O/c1-12-15-5-4-14(11-17(15)26-25-12)22-20-23-16-7-10-28-18(16)19(24-20)27-8-2-3-13(21)6-9-27/h4-5,7,10-11,13H,2-3,6,8-9,21H2,1H3,(H,25,26)(H,22,23,24). The highest BCUT2D eigenvalue weighted by Gasteiger charge is 2.20. The number of rotatable bonds is 3. The lowest BCUT2D eigenvalue weighted by atomic mass is 10.1. The molecule has 28 heavy (non-hydrogen) atoms. The minimum Gasteiger partial charge on any atom is -0.459 e. The maximum absolute atomic E-state index is 6.14. The second kappa shape index (κ2) is 6.79. The Hall–Kier alpha value is -3.13. The van der Waals surface area contributed by atoms with Crippen molar-refractivity contribution in [1.82, 2.24) is 20.2 Å². The molecule has 0 radical (unpaired) electrons. The van der Waals surface area contributed by atoms with Gasteiger partial charge in [0.1, 0.15) is 5.52 Å². The average Bonchev–Trinajstić information content (AvgIpc) is 3.24. The topological polar surface area (TPSA) is 109 Å². The zero-order valence-corrected chi connectivity index (χ0v) is 15.8. The van der Waals surface area contributed by atoms with Gasteiger partial charge in [0.2, 0.25) is 5.95 Å². The second-order valence-corrected chi connectivity index (χ2v) is 7.39. The van der Waals surface area contributed by atoms with E-state index in [2.05, 4.69) is 25.4 Å². The maximum atomic E-state index is 6.14. The Balaban J connectivity index is 1.50. The van der Waals surface area contributed by atoms with Crippen molar-refractivity contribution < 1.29 is 4.42 Å². The molecule has 4 aromatic rings. The molecule has 3 aromatic heterocycles. The summed E-state index contributed by atoms with van der Waals surface area (Å²) in [5, 5.41) is 11.8. The van der Waals surface area contributed by atoms with Crippen LogP contribution in [0.5, 0.6) is 0 Å². The molecule has 0 bridgehead atoms. The highest BCUT2D eigenvalue weighted by molar-refractivity contribution is 5.87. The second-order valence-electron chi connectivity index (χ2n) is 7.39. The lowest BCUT2D eigenvalue weighted by molar-refractivity contribution is 0.600. The molecule has 1 unspecified atom stereocenters. The molecular weight excluding hydrogens is 354 g/mol. The van der Waals surface area contributed by atoms with Crippen LogP contribution in [0.3, 0.4) is 0 Å². The zero-order chi connectivity index (χ0) is 19.1. The van der Waals surface area contributed by atoms with Gasteiger partial charge >= 0.3 is 0 Å². The highest BCUT2D eigenvalue weighted by atomic mass is 16.3. The lowest BCUT2D eigenvalue weighted by Gasteiger charge is -2.22. The van der Waals surface area contributed by atoms with E-state index in [4.69, 9.17) is 15.1 Å². The Kier molecular flexibility index (Phi) is 4.12. The van der Waals surface area contributed by atoms with Gasteiger partial charge in [-0.3, -0.25) is 5.10 Å². The molecule has 0 spiro atoms. The van der Waals surface area contributed by atoms with E-state index in [1.807, 2.05) is 31.2 Å². The van der Waals surface area contributed by atoms with E-state index in [9.17, 15) is 0 Å². The summed E-state index contributed by atoms with van der Waals surface area (Å²) in [7, 11) is 0. The number of H-pyrrole nitrogens is 1. The number of hydrogen-bond donors (Lipinski definition) is 3. The zero-order valence-electron chi connectivity index (χ0n) is 15.8. The first kappa shape index (κ1) is 17.0. The number of aromatic nitrogens is 4. The van der Waals surface area contributed by atoms with Crippen LogP contribution in [-0.4, -0.2) is 39.3 Å². The monoisotopic (exact) mass is 377 g/mol. The molecule has 0 saturated carbocycles. The number of aryl methyl sites for hydroxylation is 1. The van der Waals surface area contributed by atoms with Crippen molar-refractivity contribution in [3.8, 4) is 0 Å². The quantitative estimate of drug-likeness (QED) is 0.501. The van der Waals surface area contributed by atoms with Crippen LogP contribution in [0.2, 0.25) is 0 Å². The van der Waals surface area contributed by atoms with Crippen molar-refractivity contribution in [2.75, 3.05) is 23.3 Å². The molecule has 144 valence electrons. The fourth-order valence-corrected chi connectivity index (χ4v) is 3.80. The van der Waals surface area contributed by atoms with E-state index >= 15 is 0 Å². The maximum Gasteiger partial charge on any atom is 0.229 e. The van der Waals surface area contributed by atoms with Crippen molar-refractivity contribution in [3.63, 3.8) is 0 Å². The highest BCUT2D eigenvalue weighted by Crippen LogP contribution is 2.29. The molecule has 1 aliphatic heterocycles. The van der Waals surface area contributed by atoms with Crippen LogP contribution in [0.4, 0.5) is 17.5 Å². The van der Waals surface area contributed by atoms with Gasteiger partial charge in [0.05, 0.1) is 11.8 Å². The van der Waals surface area contributed by atoms with Gasteiger partial charge in [0.15, 0.2) is 11.4 Å². The Labute approximate surface area is 162 Å². The SMILES string of the molecule is Cc1[nH]nc2cc(Nc3nc(N4CCCC(N)CC4)c4occc4n3)ccc12. The molecule has 5 rings (SSSR count). The van der Waals surface area contributed by atoms with Gasteiger partial charge in [0, 0.05) is 42.0 Å². The summed E-state index contributed by atoms with van der Waals surface area (Å²) in [5.74, 6) is 1.37. The van der Waals surface area contributed by atoms with Crippen LogP contribution in [0.15, 0.2) is 34.9 Å². The molecule has 1 aromatic carbocycles. The minimum atomic E-state index is 0.251. The smallest absolute Gasteiger partial charge is 0.229 e. The largest absolute Gasteiger partial charge is 0.459 e. The fourth-order valence-electron chi connectivity index (χ4n) is 3.80. The van der Waals surface area contributed by atoms with E-state index in [0.29, 0.717) is 5.95 Å². The minimum absolute atomic E-state index is 0.251. The van der Waals surface area contributed by atoms with Crippen molar-refractivity contribution in [3.05, 3.63) is 36.2 Å². The van der Waals surface area contributed by atoms with Gasteiger partial charge in [-0.2, -0.15) is 10.1 Å². The van der Waals surface area contributed by atoms with Crippen LogP contribution in [-0.2, 0) is 0 Å². The van der Waals surface area contributed by atoms with Gasteiger partial charge in [0.25, 0.3) is 0 Å². The number of aromatic amines is 1. The Bertz CT molecular complexity index is 1130. The summed E-state index contributed by atoms with van der Waals surface area (Å²) in [6.45, 7) is 3.79. The summed E-state index contributed by atoms with van der Waals surface area (Å²) in [5.41, 5.74) is 10.5. The van der Waals surface area contributed by atoms with Crippen molar-refractivity contribution in [1.29, 1.82) is 0 Å². The van der Waals surface area contributed by atoms with Crippen molar-refractivity contribution in [2.45, 2.75) is 32.2 Å². The molecule has 0 amide bonds. The molecule has 4 heterocycles. The Morgan fingerprint density at radius 2 is 2.11 bits per heavy atom. The number of nitrogens with two attached hydrogens (primary N) is 1. The molecule has 1 aliphatic rings. The predicted octanol–water partition coefficient (Wildman–Crippen LogP) is 3.47. The third kappa shape index (κ3) is 3.05. The summed E-state index contributed by atoms with van der Waals surface area (Å²) in [6, 6.07) is 8.17. The lowest BCUT2D eigenvalue weighted by Crippen LogP contribution is -2.27. The van der Waals surface area contributed by atoms with E-state index in [1.54, 1.807) is 6.26 Å². The van der Waals surface area contributed by atoms with Crippen LogP contribution in [0, 0.1) is 6.92 Å². The first-order valence-electron chi connectivity index (χ1n) is 9.65. The predicted molar refractivity (Wildman–Crippen MR) is 110 cm³/mol. The first-order valence-corrected chi connectivity index (χ1v) is 9.65. The molecule has 8 nitrogen and oxygen atoms in total. The fraction of sp³-hybridized carbons (Fsp3) is 0.350.